The molecule has 0 saturated heterocycles. The Bertz CT molecular complexity index is 413. The molecular formula is C16H26N2O2. The fourth-order valence-corrected chi connectivity index (χ4v) is 1.67. The Labute approximate surface area is 121 Å². The first-order valence-electron chi connectivity index (χ1n) is 7.18. The molecule has 2 N–H and O–H groups in total. The van der Waals surface area contributed by atoms with Gasteiger partial charge in [-0.15, -0.1) is 0 Å². The van der Waals surface area contributed by atoms with E-state index in [0.717, 1.165) is 6.54 Å². The molecule has 0 heterocycles. The third kappa shape index (κ3) is 6.06. The summed E-state index contributed by atoms with van der Waals surface area (Å²) in [5.41, 5.74) is 1.20. The molecule has 0 saturated carbocycles. The Morgan fingerprint density at radius 2 is 1.65 bits per heavy atom. The van der Waals surface area contributed by atoms with Gasteiger partial charge in [-0.25, -0.2) is 0 Å². The van der Waals surface area contributed by atoms with E-state index in [9.17, 15) is 4.79 Å². The zero-order chi connectivity index (χ0) is 15.1. The minimum Gasteiger partial charge on any atom is -0.481 e. The molecule has 1 rings (SSSR count). The van der Waals surface area contributed by atoms with E-state index >= 15 is 0 Å². The number of carbonyl (C=O) groups is 1. The number of ether oxygens (including phenoxy) is 1. The number of carbonyl (C=O) groups excluding carboxylic acids is 1. The number of hydrogen-bond donors (Lipinski definition) is 2. The third-order valence-corrected chi connectivity index (χ3v) is 2.75. The van der Waals surface area contributed by atoms with Crippen LogP contribution in [-0.4, -0.2) is 24.1 Å². The van der Waals surface area contributed by atoms with Crippen LogP contribution in [0.25, 0.3) is 0 Å². The van der Waals surface area contributed by atoms with Gasteiger partial charge in [0, 0.05) is 18.6 Å². The molecule has 0 aromatic heterocycles. The van der Waals surface area contributed by atoms with Crippen molar-refractivity contribution in [1.29, 1.82) is 0 Å². The molecule has 1 atom stereocenters. The second-order valence-electron chi connectivity index (χ2n) is 5.60. The highest BCUT2D eigenvalue weighted by atomic mass is 16.5. The summed E-state index contributed by atoms with van der Waals surface area (Å²) in [5, 5.41) is 6.19. The van der Waals surface area contributed by atoms with Crippen LogP contribution in [0.15, 0.2) is 24.3 Å². The summed E-state index contributed by atoms with van der Waals surface area (Å²) in [5.74, 6) is 0.621. The molecule has 112 valence electrons. The van der Waals surface area contributed by atoms with Crippen LogP contribution in [0.5, 0.6) is 5.75 Å². The van der Waals surface area contributed by atoms with Crippen LogP contribution < -0.4 is 15.4 Å². The van der Waals surface area contributed by atoms with Crippen molar-refractivity contribution < 1.29 is 9.53 Å². The van der Waals surface area contributed by atoms with Gasteiger partial charge in [0.15, 0.2) is 6.10 Å². The molecule has 1 aromatic rings. The van der Waals surface area contributed by atoms with E-state index < -0.39 is 6.10 Å². The van der Waals surface area contributed by atoms with E-state index in [1.807, 2.05) is 38.1 Å². The molecule has 0 radical (unpaired) electrons. The summed E-state index contributed by atoms with van der Waals surface area (Å²) in [6, 6.07) is 8.41. The number of rotatable bonds is 7. The fraction of sp³-hybridized carbons (Fsp3) is 0.562. The molecule has 0 aliphatic carbocycles. The van der Waals surface area contributed by atoms with E-state index in [4.69, 9.17) is 4.74 Å². The third-order valence-electron chi connectivity index (χ3n) is 2.75. The Kier molecular flexibility index (Phi) is 6.52. The lowest BCUT2D eigenvalue weighted by atomic mass is 10.2. The molecule has 0 spiro atoms. The van der Waals surface area contributed by atoms with Crippen molar-refractivity contribution in [3.8, 4) is 5.75 Å². The largest absolute Gasteiger partial charge is 0.481 e. The van der Waals surface area contributed by atoms with Crippen LogP contribution in [0, 0.1) is 0 Å². The Morgan fingerprint density at radius 3 is 2.15 bits per heavy atom. The van der Waals surface area contributed by atoms with Gasteiger partial charge in [-0.2, -0.15) is 0 Å². The average molecular weight is 278 g/mol. The van der Waals surface area contributed by atoms with Crippen LogP contribution in [0.1, 0.15) is 40.2 Å². The molecule has 0 fully saturated rings. The minimum atomic E-state index is -0.489. The number of amides is 1. The lowest BCUT2D eigenvalue weighted by Gasteiger charge is -2.16. The minimum absolute atomic E-state index is 0.0921. The van der Waals surface area contributed by atoms with Gasteiger partial charge >= 0.3 is 0 Å². The van der Waals surface area contributed by atoms with Crippen molar-refractivity contribution in [2.75, 3.05) is 0 Å². The summed E-state index contributed by atoms with van der Waals surface area (Å²) >= 11 is 0. The molecule has 20 heavy (non-hydrogen) atoms. The molecule has 4 heteroatoms. The summed E-state index contributed by atoms with van der Waals surface area (Å²) in [6.45, 7) is 10.7. The SMILES string of the molecule is CC(C)NCc1ccc(OC(C)C(=O)NC(C)C)cc1. The molecule has 1 amide bonds. The van der Waals surface area contributed by atoms with Gasteiger partial charge in [0.2, 0.25) is 0 Å². The normalized spacial score (nSPS) is 12.6. The zero-order valence-corrected chi connectivity index (χ0v) is 13.1. The quantitative estimate of drug-likeness (QED) is 0.805. The maximum Gasteiger partial charge on any atom is 0.260 e. The molecule has 1 unspecified atom stereocenters. The second kappa shape index (κ2) is 7.90. The first-order chi connectivity index (χ1) is 9.38. The number of benzene rings is 1. The highest BCUT2D eigenvalue weighted by Crippen LogP contribution is 2.14. The number of hydrogen-bond acceptors (Lipinski definition) is 3. The molecule has 0 aliphatic heterocycles. The first-order valence-corrected chi connectivity index (χ1v) is 7.18. The average Bonchev–Trinajstić information content (AvgIpc) is 2.37. The predicted octanol–water partition coefficient (Wildman–Crippen LogP) is 2.48. The van der Waals surface area contributed by atoms with Gasteiger partial charge in [0.05, 0.1) is 0 Å². The van der Waals surface area contributed by atoms with Gasteiger partial charge in [-0.1, -0.05) is 26.0 Å². The summed E-state index contributed by atoms with van der Waals surface area (Å²) in [4.78, 5) is 11.8. The van der Waals surface area contributed by atoms with Crippen molar-refractivity contribution in [1.82, 2.24) is 10.6 Å². The van der Waals surface area contributed by atoms with Crippen molar-refractivity contribution in [3.05, 3.63) is 29.8 Å². The van der Waals surface area contributed by atoms with E-state index in [1.165, 1.54) is 5.56 Å². The summed E-state index contributed by atoms with van der Waals surface area (Å²) < 4.78 is 5.63. The van der Waals surface area contributed by atoms with Crippen molar-refractivity contribution in [2.45, 2.75) is 59.4 Å². The van der Waals surface area contributed by atoms with Crippen LogP contribution in [0.2, 0.25) is 0 Å². The Morgan fingerprint density at radius 1 is 1.05 bits per heavy atom. The van der Waals surface area contributed by atoms with Crippen LogP contribution in [0.3, 0.4) is 0 Å². The summed E-state index contributed by atoms with van der Waals surface area (Å²) in [6.07, 6.45) is -0.489. The van der Waals surface area contributed by atoms with Crippen LogP contribution >= 0.6 is 0 Å². The van der Waals surface area contributed by atoms with E-state index in [-0.39, 0.29) is 11.9 Å². The summed E-state index contributed by atoms with van der Waals surface area (Å²) in [7, 11) is 0. The smallest absolute Gasteiger partial charge is 0.260 e. The van der Waals surface area contributed by atoms with Gasteiger partial charge in [0.25, 0.3) is 5.91 Å². The van der Waals surface area contributed by atoms with Gasteiger partial charge in [-0.3, -0.25) is 4.79 Å². The molecule has 1 aromatic carbocycles. The van der Waals surface area contributed by atoms with E-state index in [0.29, 0.717) is 11.8 Å². The topological polar surface area (TPSA) is 50.4 Å². The second-order valence-corrected chi connectivity index (χ2v) is 5.60. The molecule has 0 aliphatic rings. The lowest BCUT2D eigenvalue weighted by Crippen LogP contribution is -2.40. The van der Waals surface area contributed by atoms with E-state index in [1.54, 1.807) is 6.92 Å². The highest BCUT2D eigenvalue weighted by Gasteiger charge is 2.15. The maximum absolute atomic E-state index is 11.8. The van der Waals surface area contributed by atoms with E-state index in [2.05, 4.69) is 24.5 Å². The Hall–Kier alpha value is -1.55. The Balaban J connectivity index is 2.50. The van der Waals surface area contributed by atoms with Gasteiger partial charge in [-0.05, 0) is 38.5 Å². The van der Waals surface area contributed by atoms with Gasteiger partial charge in [0.1, 0.15) is 5.75 Å². The monoisotopic (exact) mass is 278 g/mol. The standard InChI is InChI=1S/C16H26N2O2/c1-11(2)17-10-14-6-8-15(9-7-14)20-13(5)16(19)18-12(3)4/h6-9,11-13,17H,10H2,1-5H3,(H,18,19). The zero-order valence-electron chi connectivity index (χ0n) is 13.1. The van der Waals surface area contributed by atoms with Crippen molar-refractivity contribution in [2.24, 2.45) is 0 Å². The molecular weight excluding hydrogens is 252 g/mol. The highest BCUT2D eigenvalue weighted by molar-refractivity contribution is 5.80. The molecule has 4 nitrogen and oxygen atoms in total. The van der Waals surface area contributed by atoms with Crippen LogP contribution in [-0.2, 0) is 11.3 Å². The lowest BCUT2D eigenvalue weighted by molar-refractivity contribution is -0.127. The van der Waals surface area contributed by atoms with Crippen molar-refractivity contribution in [3.63, 3.8) is 0 Å². The van der Waals surface area contributed by atoms with Crippen LogP contribution in [0.4, 0.5) is 0 Å². The fourth-order valence-electron chi connectivity index (χ4n) is 1.67. The number of nitrogens with one attached hydrogen (secondary N) is 2. The van der Waals surface area contributed by atoms with Crippen molar-refractivity contribution >= 4 is 5.91 Å². The first kappa shape index (κ1) is 16.5. The van der Waals surface area contributed by atoms with Gasteiger partial charge < -0.3 is 15.4 Å². The maximum atomic E-state index is 11.8. The molecule has 0 bridgehead atoms. The predicted molar refractivity (Wildman–Crippen MR) is 81.8 cm³/mol.